The van der Waals surface area contributed by atoms with Gasteiger partial charge in [-0.2, -0.15) is 0 Å². The number of carbonyl (C=O) groups is 1. The summed E-state index contributed by atoms with van der Waals surface area (Å²) in [6, 6.07) is 11.3. The van der Waals surface area contributed by atoms with Gasteiger partial charge in [0.2, 0.25) is 0 Å². The summed E-state index contributed by atoms with van der Waals surface area (Å²) in [5.74, 6) is -0.160. The van der Waals surface area contributed by atoms with E-state index < -0.39 is 11.2 Å². The smallest absolute Gasteiger partial charge is 0.329 e. The number of nitrogens with zero attached hydrogens (tertiary/aromatic N) is 3. The third kappa shape index (κ3) is 4.66. The Morgan fingerprint density at radius 2 is 1.90 bits per heavy atom. The highest BCUT2D eigenvalue weighted by Gasteiger charge is 2.34. The van der Waals surface area contributed by atoms with Crippen LogP contribution in [-0.2, 0) is 6.54 Å². The van der Waals surface area contributed by atoms with Crippen LogP contribution < -0.4 is 17.0 Å². The normalized spacial score (nSPS) is 17.8. The third-order valence-electron chi connectivity index (χ3n) is 5.41. The van der Waals surface area contributed by atoms with Crippen LogP contribution in [0.3, 0.4) is 0 Å². The van der Waals surface area contributed by atoms with E-state index in [0.29, 0.717) is 25.2 Å². The number of H-pyrrole nitrogens is 1. The molecule has 1 fully saturated rings. The van der Waals surface area contributed by atoms with Gasteiger partial charge >= 0.3 is 5.69 Å². The predicted octanol–water partition coefficient (Wildman–Crippen LogP) is 1.91. The molecular weight excluding hydrogens is 441 g/mol. The standard InChI is InChI=1S/C21H23N5O3.2ClH/c1-2-8-26-18-15(19(27)24-21(26)29)9-14(10-23-18)20(28)25-11-16(17(22)12-25)13-6-4-3-5-7-13;;/h3-7,9-10,16-17H,2,8,11-12,22H2,1H3,(H,24,27,29);2*1H/t16-,17+;;/m0../s1. The van der Waals surface area contributed by atoms with E-state index in [4.69, 9.17) is 5.73 Å². The van der Waals surface area contributed by atoms with Gasteiger partial charge in [-0.1, -0.05) is 37.3 Å². The zero-order chi connectivity index (χ0) is 20.5. The highest BCUT2D eigenvalue weighted by atomic mass is 35.5. The summed E-state index contributed by atoms with van der Waals surface area (Å²) in [6.45, 7) is 3.31. The van der Waals surface area contributed by atoms with E-state index in [2.05, 4.69) is 9.97 Å². The number of aromatic nitrogens is 3. The van der Waals surface area contributed by atoms with Gasteiger partial charge in [0.15, 0.2) is 0 Å². The molecule has 166 valence electrons. The Morgan fingerprint density at radius 3 is 2.58 bits per heavy atom. The largest absolute Gasteiger partial charge is 0.336 e. The number of rotatable bonds is 4. The predicted molar refractivity (Wildman–Crippen MR) is 124 cm³/mol. The fourth-order valence-electron chi connectivity index (χ4n) is 3.95. The van der Waals surface area contributed by atoms with Crippen molar-refractivity contribution in [3.63, 3.8) is 0 Å². The van der Waals surface area contributed by atoms with Crippen molar-refractivity contribution in [3.8, 4) is 0 Å². The molecule has 4 rings (SSSR count). The molecule has 2 aromatic heterocycles. The maximum atomic E-state index is 13.1. The molecule has 0 radical (unpaired) electrons. The first-order chi connectivity index (χ1) is 14.0. The summed E-state index contributed by atoms with van der Waals surface area (Å²) in [6.07, 6.45) is 2.15. The minimum absolute atomic E-state index is 0. The lowest BCUT2D eigenvalue weighted by Crippen LogP contribution is -2.33. The molecule has 0 spiro atoms. The molecule has 1 aromatic carbocycles. The van der Waals surface area contributed by atoms with E-state index in [1.54, 1.807) is 4.90 Å². The molecule has 1 amide bonds. The maximum absolute atomic E-state index is 13.1. The number of benzene rings is 1. The van der Waals surface area contributed by atoms with Crippen LogP contribution in [0.4, 0.5) is 0 Å². The summed E-state index contributed by atoms with van der Waals surface area (Å²) >= 11 is 0. The molecule has 3 aromatic rings. The van der Waals surface area contributed by atoms with Crippen molar-refractivity contribution < 1.29 is 4.79 Å². The minimum atomic E-state index is -0.542. The average molecular weight is 466 g/mol. The van der Waals surface area contributed by atoms with Gasteiger partial charge in [0.05, 0.1) is 10.9 Å². The molecule has 31 heavy (non-hydrogen) atoms. The second-order valence-electron chi connectivity index (χ2n) is 7.40. The lowest BCUT2D eigenvalue weighted by atomic mass is 9.95. The molecule has 1 aliphatic heterocycles. The Kier molecular flexibility index (Phi) is 8.00. The first kappa shape index (κ1) is 24.6. The Balaban J connectivity index is 0.00000171. The number of likely N-dealkylation sites (tertiary alicyclic amines) is 1. The minimum Gasteiger partial charge on any atom is -0.336 e. The zero-order valence-corrected chi connectivity index (χ0v) is 18.6. The molecule has 3 N–H and O–H groups in total. The van der Waals surface area contributed by atoms with Gasteiger partial charge in [-0.25, -0.2) is 9.78 Å². The van der Waals surface area contributed by atoms with E-state index in [1.807, 2.05) is 37.3 Å². The number of amides is 1. The van der Waals surface area contributed by atoms with Gasteiger partial charge in [0.25, 0.3) is 11.5 Å². The van der Waals surface area contributed by atoms with Crippen LogP contribution in [0.25, 0.3) is 11.0 Å². The third-order valence-corrected chi connectivity index (χ3v) is 5.41. The van der Waals surface area contributed by atoms with Gasteiger partial charge in [0.1, 0.15) is 5.65 Å². The van der Waals surface area contributed by atoms with Gasteiger partial charge in [-0.3, -0.25) is 19.1 Å². The van der Waals surface area contributed by atoms with Crippen LogP contribution in [0.15, 0.2) is 52.2 Å². The van der Waals surface area contributed by atoms with Crippen molar-refractivity contribution in [1.82, 2.24) is 19.4 Å². The highest BCUT2D eigenvalue weighted by molar-refractivity contribution is 5.97. The van der Waals surface area contributed by atoms with Gasteiger partial charge < -0.3 is 10.6 Å². The van der Waals surface area contributed by atoms with Crippen LogP contribution in [0.2, 0.25) is 0 Å². The van der Waals surface area contributed by atoms with Crippen LogP contribution in [0, 0.1) is 0 Å². The van der Waals surface area contributed by atoms with Gasteiger partial charge in [-0.15, -0.1) is 24.8 Å². The van der Waals surface area contributed by atoms with Crippen LogP contribution in [0.5, 0.6) is 0 Å². The number of carbonyl (C=O) groups excluding carboxylic acids is 1. The number of fused-ring (bicyclic) bond motifs is 1. The summed E-state index contributed by atoms with van der Waals surface area (Å²) in [4.78, 5) is 45.7. The molecule has 0 unspecified atom stereocenters. The van der Waals surface area contributed by atoms with Crippen molar-refractivity contribution in [2.75, 3.05) is 13.1 Å². The van der Waals surface area contributed by atoms with Gasteiger partial charge in [0, 0.05) is 37.8 Å². The average Bonchev–Trinajstić information content (AvgIpc) is 3.12. The summed E-state index contributed by atoms with van der Waals surface area (Å²) in [7, 11) is 0. The molecule has 0 bridgehead atoms. The molecule has 0 saturated carbocycles. The molecule has 1 aliphatic rings. The van der Waals surface area contributed by atoms with Crippen molar-refractivity contribution in [3.05, 3.63) is 74.6 Å². The lowest BCUT2D eigenvalue weighted by Gasteiger charge is -2.17. The van der Waals surface area contributed by atoms with E-state index in [0.717, 1.165) is 12.0 Å². The fourth-order valence-corrected chi connectivity index (χ4v) is 3.95. The molecule has 1 saturated heterocycles. The molecule has 2 atom stereocenters. The van der Waals surface area contributed by atoms with Crippen molar-refractivity contribution in [2.45, 2.75) is 31.8 Å². The number of hydrogen-bond acceptors (Lipinski definition) is 5. The number of nitrogens with one attached hydrogen (secondary N) is 1. The molecule has 10 heteroatoms. The Bertz CT molecular complexity index is 1180. The topological polar surface area (TPSA) is 114 Å². The van der Waals surface area contributed by atoms with Crippen molar-refractivity contribution in [2.24, 2.45) is 5.73 Å². The van der Waals surface area contributed by atoms with E-state index in [-0.39, 0.29) is 53.7 Å². The number of aryl methyl sites for hydroxylation is 1. The Labute approximate surface area is 191 Å². The van der Waals surface area contributed by atoms with Crippen LogP contribution in [0.1, 0.15) is 35.2 Å². The maximum Gasteiger partial charge on any atom is 0.329 e. The number of halogens is 2. The van der Waals surface area contributed by atoms with E-state index >= 15 is 0 Å². The van der Waals surface area contributed by atoms with Crippen molar-refractivity contribution in [1.29, 1.82) is 0 Å². The SMILES string of the molecule is CCCn1c(=O)[nH]c(=O)c2cc(C(=O)N3C[C@@H](N)[C@H](c4ccccc4)C3)cnc21.Cl.Cl. The fraction of sp³-hybridized carbons (Fsp3) is 0.333. The summed E-state index contributed by atoms with van der Waals surface area (Å²) in [5, 5.41) is 0.229. The van der Waals surface area contributed by atoms with Crippen LogP contribution in [-0.4, -0.2) is 44.5 Å². The quantitative estimate of drug-likeness (QED) is 0.610. The van der Waals surface area contributed by atoms with Crippen LogP contribution >= 0.6 is 24.8 Å². The second-order valence-corrected chi connectivity index (χ2v) is 7.40. The molecule has 3 heterocycles. The summed E-state index contributed by atoms with van der Waals surface area (Å²) in [5.41, 5.74) is 6.97. The number of pyridine rings is 1. The first-order valence-electron chi connectivity index (χ1n) is 9.72. The zero-order valence-electron chi connectivity index (χ0n) is 17.0. The second kappa shape index (κ2) is 10.1. The number of aromatic amines is 1. The van der Waals surface area contributed by atoms with Gasteiger partial charge in [-0.05, 0) is 18.1 Å². The number of hydrogen-bond donors (Lipinski definition) is 2. The first-order valence-corrected chi connectivity index (χ1v) is 9.72. The molecule has 8 nitrogen and oxygen atoms in total. The van der Waals surface area contributed by atoms with E-state index in [9.17, 15) is 14.4 Å². The number of nitrogens with two attached hydrogens (primary N) is 1. The van der Waals surface area contributed by atoms with E-state index in [1.165, 1.54) is 16.8 Å². The molecular formula is C21H25Cl2N5O3. The Morgan fingerprint density at radius 1 is 1.19 bits per heavy atom. The Hall–Kier alpha value is -2.68. The highest BCUT2D eigenvalue weighted by Crippen LogP contribution is 2.27. The summed E-state index contributed by atoms with van der Waals surface area (Å²) < 4.78 is 1.42. The monoisotopic (exact) mass is 465 g/mol. The molecule has 0 aliphatic carbocycles. The lowest BCUT2D eigenvalue weighted by molar-refractivity contribution is 0.0789. The van der Waals surface area contributed by atoms with Crippen molar-refractivity contribution >= 4 is 41.8 Å².